The van der Waals surface area contributed by atoms with Crippen molar-refractivity contribution in [3.05, 3.63) is 30.1 Å². The minimum absolute atomic E-state index is 0.0271. The van der Waals surface area contributed by atoms with Crippen LogP contribution in [0.3, 0.4) is 0 Å². The molecule has 2 aliphatic rings. The number of amides is 1. The van der Waals surface area contributed by atoms with Gasteiger partial charge in [-0.2, -0.15) is 4.31 Å². The van der Waals surface area contributed by atoms with E-state index >= 15 is 0 Å². The number of likely N-dealkylation sites (tertiary alicyclic amines) is 1. The lowest BCUT2D eigenvalue weighted by molar-refractivity contribution is -0.137. The Balaban J connectivity index is 1.64. The molecule has 6 nitrogen and oxygen atoms in total. The Kier molecular flexibility index (Phi) is 5.41. The molecule has 3 rings (SSSR count). The van der Waals surface area contributed by atoms with E-state index in [0.717, 1.165) is 25.5 Å². The molecular weight excluding hydrogens is 345 g/mol. The van der Waals surface area contributed by atoms with E-state index in [4.69, 9.17) is 5.73 Å². The van der Waals surface area contributed by atoms with Crippen molar-refractivity contribution in [1.82, 2.24) is 9.21 Å². The lowest BCUT2D eigenvalue weighted by Gasteiger charge is -2.36. The Labute approximate surface area is 147 Å². The van der Waals surface area contributed by atoms with Crippen molar-refractivity contribution < 1.29 is 17.6 Å². The summed E-state index contributed by atoms with van der Waals surface area (Å²) >= 11 is 0. The molecule has 1 atom stereocenters. The van der Waals surface area contributed by atoms with Crippen molar-refractivity contribution in [1.29, 1.82) is 0 Å². The summed E-state index contributed by atoms with van der Waals surface area (Å²) in [5.74, 6) is -0.863. The summed E-state index contributed by atoms with van der Waals surface area (Å²) in [4.78, 5) is 14.1. The molecule has 138 valence electrons. The van der Waals surface area contributed by atoms with Crippen LogP contribution in [0, 0.1) is 11.7 Å². The van der Waals surface area contributed by atoms with Crippen LogP contribution in [0.1, 0.15) is 25.7 Å². The monoisotopic (exact) mass is 369 g/mol. The highest BCUT2D eigenvalue weighted by molar-refractivity contribution is 7.89. The summed E-state index contributed by atoms with van der Waals surface area (Å²) in [6.45, 7) is 1.76. The zero-order valence-electron chi connectivity index (χ0n) is 14.1. The molecule has 2 saturated heterocycles. The number of benzene rings is 1. The van der Waals surface area contributed by atoms with Gasteiger partial charge >= 0.3 is 0 Å². The van der Waals surface area contributed by atoms with Crippen LogP contribution in [0.4, 0.5) is 4.39 Å². The molecule has 1 unspecified atom stereocenters. The van der Waals surface area contributed by atoms with Gasteiger partial charge in [-0.3, -0.25) is 4.79 Å². The molecule has 0 saturated carbocycles. The van der Waals surface area contributed by atoms with E-state index in [1.165, 1.54) is 22.5 Å². The third-order valence-corrected chi connectivity index (χ3v) is 6.96. The predicted molar refractivity (Wildman–Crippen MR) is 91.7 cm³/mol. The zero-order valence-corrected chi connectivity index (χ0v) is 14.9. The van der Waals surface area contributed by atoms with Crippen molar-refractivity contribution in [2.75, 3.05) is 26.2 Å². The Morgan fingerprint density at radius 2 is 1.80 bits per heavy atom. The molecule has 2 aliphatic heterocycles. The van der Waals surface area contributed by atoms with Gasteiger partial charge in [-0.05, 0) is 37.8 Å². The second kappa shape index (κ2) is 7.39. The summed E-state index contributed by atoms with van der Waals surface area (Å²) in [6, 6.07) is 5.41. The van der Waals surface area contributed by atoms with Gasteiger partial charge in [0.25, 0.3) is 0 Å². The molecule has 0 spiro atoms. The fraction of sp³-hybridized carbons (Fsp3) is 0.588. The topological polar surface area (TPSA) is 83.7 Å². The number of sulfonamides is 1. The average Bonchev–Trinajstić information content (AvgIpc) is 2.61. The third-order valence-electron chi connectivity index (χ3n) is 5.03. The second-order valence-electron chi connectivity index (χ2n) is 6.80. The van der Waals surface area contributed by atoms with E-state index < -0.39 is 15.8 Å². The van der Waals surface area contributed by atoms with Gasteiger partial charge in [0.2, 0.25) is 15.9 Å². The van der Waals surface area contributed by atoms with Crippen LogP contribution in [-0.4, -0.2) is 55.8 Å². The van der Waals surface area contributed by atoms with Crippen LogP contribution in [0.15, 0.2) is 29.2 Å². The Morgan fingerprint density at radius 1 is 1.12 bits per heavy atom. The van der Waals surface area contributed by atoms with Gasteiger partial charge in [0.05, 0.1) is 0 Å². The van der Waals surface area contributed by atoms with Crippen molar-refractivity contribution in [3.63, 3.8) is 0 Å². The molecule has 1 amide bonds. The average molecular weight is 369 g/mol. The maximum absolute atomic E-state index is 13.8. The summed E-state index contributed by atoms with van der Waals surface area (Å²) in [5, 5.41) is 0. The Hall–Kier alpha value is -1.51. The molecule has 0 aliphatic carbocycles. The van der Waals surface area contributed by atoms with Gasteiger partial charge < -0.3 is 10.6 Å². The van der Waals surface area contributed by atoms with Crippen LogP contribution < -0.4 is 5.73 Å². The molecular formula is C17H24FN3O3S. The van der Waals surface area contributed by atoms with Gasteiger partial charge in [0, 0.05) is 38.1 Å². The maximum Gasteiger partial charge on any atom is 0.245 e. The van der Waals surface area contributed by atoms with Crippen LogP contribution in [0.25, 0.3) is 0 Å². The first-order valence-corrected chi connectivity index (χ1v) is 10.1. The lowest BCUT2D eigenvalue weighted by atomic mass is 9.95. The molecule has 0 bridgehead atoms. The maximum atomic E-state index is 13.8. The van der Waals surface area contributed by atoms with Crippen molar-refractivity contribution >= 4 is 15.9 Å². The van der Waals surface area contributed by atoms with Gasteiger partial charge in [0.1, 0.15) is 10.7 Å². The number of hydrogen-bond donors (Lipinski definition) is 1. The van der Waals surface area contributed by atoms with E-state index in [1.54, 1.807) is 4.90 Å². The third kappa shape index (κ3) is 3.86. The highest BCUT2D eigenvalue weighted by atomic mass is 32.2. The Morgan fingerprint density at radius 3 is 2.44 bits per heavy atom. The molecule has 1 aromatic carbocycles. The first-order chi connectivity index (χ1) is 11.9. The van der Waals surface area contributed by atoms with Gasteiger partial charge in [-0.1, -0.05) is 12.1 Å². The lowest BCUT2D eigenvalue weighted by Crippen LogP contribution is -2.50. The van der Waals surface area contributed by atoms with Crippen molar-refractivity contribution in [3.8, 4) is 0 Å². The molecule has 2 heterocycles. The van der Waals surface area contributed by atoms with Crippen LogP contribution in [0.2, 0.25) is 0 Å². The minimum atomic E-state index is -3.86. The molecule has 2 N–H and O–H groups in total. The minimum Gasteiger partial charge on any atom is -0.341 e. The number of nitrogens with two attached hydrogens (primary N) is 1. The molecule has 0 aromatic heterocycles. The molecule has 2 fully saturated rings. The van der Waals surface area contributed by atoms with E-state index in [1.807, 2.05) is 0 Å². The Bertz CT molecular complexity index is 732. The number of hydrogen-bond acceptors (Lipinski definition) is 4. The summed E-state index contributed by atoms with van der Waals surface area (Å²) in [5.41, 5.74) is 5.93. The van der Waals surface area contributed by atoms with Crippen LogP contribution >= 0.6 is 0 Å². The highest BCUT2D eigenvalue weighted by Gasteiger charge is 2.35. The summed E-state index contributed by atoms with van der Waals surface area (Å²) in [7, 11) is -3.86. The molecule has 8 heteroatoms. The first kappa shape index (κ1) is 18.3. The molecule has 0 radical (unpaired) electrons. The van der Waals surface area contributed by atoms with Crippen LogP contribution in [0.5, 0.6) is 0 Å². The number of piperidine rings is 2. The summed E-state index contributed by atoms with van der Waals surface area (Å²) in [6.07, 6.45) is 2.76. The van der Waals surface area contributed by atoms with Gasteiger partial charge in [0.15, 0.2) is 0 Å². The first-order valence-electron chi connectivity index (χ1n) is 8.68. The highest BCUT2D eigenvalue weighted by Crippen LogP contribution is 2.27. The second-order valence-corrected chi connectivity index (χ2v) is 8.70. The fourth-order valence-corrected chi connectivity index (χ4v) is 5.14. The predicted octanol–water partition coefficient (Wildman–Crippen LogP) is 1.18. The number of halogens is 1. The standard InChI is InChI=1S/C17H24FN3O3S/c18-15-5-1-2-6-16(15)25(23,24)21-10-7-13(8-11-21)17(22)20-9-3-4-14(19)12-20/h1-2,5-6,13-14H,3-4,7-12,19H2. The summed E-state index contributed by atoms with van der Waals surface area (Å²) < 4.78 is 40.3. The van der Waals surface area contributed by atoms with E-state index in [-0.39, 0.29) is 35.9 Å². The van der Waals surface area contributed by atoms with Crippen molar-refractivity contribution in [2.24, 2.45) is 11.7 Å². The SMILES string of the molecule is NC1CCCN(C(=O)C2CCN(S(=O)(=O)c3ccccc3F)CC2)C1. The molecule has 1 aromatic rings. The number of nitrogens with zero attached hydrogens (tertiary/aromatic N) is 2. The normalized spacial score (nSPS) is 23.6. The van der Waals surface area contributed by atoms with E-state index in [0.29, 0.717) is 19.4 Å². The number of carbonyl (C=O) groups excluding carboxylic acids is 1. The van der Waals surface area contributed by atoms with Gasteiger partial charge in [-0.25, -0.2) is 12.8 Å². The molecule has 25 heavy (non-hydrogen) atoms. The fourth-order valence-electron chi connectivity index (χ4n) is 3.60. The smallest absolute Gasteiger partial charge is 0.245 e. The quantitative estimate of drug-likeness (QED) is 0.867. The van der Waals surface area contributed by atoms with E-state index in [9.17, 15) is 17.6 Å². The largest absolute Gasteiger partial charge is 0.341 e. The van der Waals surface area contributed by atoms with Crippen molar-refractivity contribution in [2.45, 2.75) is 36.6 Å². The van der Waals surface area contributed by atoms with Crippen LogP contribution in [-0.2, 0) is 14.8 Å². The van der Waals surface area contributed by atoms with Gasteiger partial charge in [-0.15, -0.1) is 0 Å². The number of carbonyl (C=O) groups is 1. The van der Waals surface area contributed by atoms with E-state index in [2.05, 4.69) is 0 Å². The number of rotatable bonds is 3. The zero-order chi connectivity index (χ0) is 18.0.